The van der Waals surface area contributed by atoms with E-state index >= 15 is 0 Å². The topological polar surface area (TPSA) is 126 Å². The molecule has 1 saturated carbocycles. The Kier molecular flexibility index (Phi) is 5.14. The average Bonchev–Trinajstić information content (AvgIpc) is 3.22. The number of phenolic OH excluding ortho intramolecular Hbond substituents is 1. The summed E-state index contributed by atoms with van der Waals surface area (Å²) in [6.45, 7) is 1.84. The van der Waals surface area contributed by atoms with Crippen LogP contribution < -0.4 is 15.9 Å². The van der Waals surface area contributed by atoms with Crippen LogP contribution in [0.2, 0.25) is 0 Å². The quantitative estimate of drug-likeness (QED) is 0.447. The van der Waals surface area contributed by atoms with Gasteiger partial charge in [0.05, 0.1) is 6.10 Å². The summed E-state index contributed by atoms with van der Waals surface area (Å²) >= 11 is 0. The molecule has 3 aromatic rings. The predicted molar refractivity (Wildman–Crippen MR) is 124 cm³/mol. The van der Waals surface area contributed by atoms with Crippen molar-refractivity contribution in [2.45, 2.75) is 69.2 Å². The van der Waals surface area contributed by atoms with Gasteiger partial charge in [0.25, 0.3) is 0 Å². The van der Waals surface area contributed by atoms with Crippen LogP contribution in [0.4, 0.5) is 5.69 Å². The van der Waals surface area contributed by atoms with E-state index in [1.165, 1.54) is 6.07 Å². The van der Waals surface area contributed by atoms with Gasteiger partial charge in [0.15, 0.2) is 5.43 Å². The molecule has 5 N–H and O–H groups in total. The lowest BCUT2D eigenvalue weighted by atomic mass is 9.84. The van der Waals surface area contributed by atoms with Gasteiger partial charge in [0, 0.05) is 29.8 Å². The zero-order valence-electron chi connectivity index (χ0n) is 18.6. The molecule has 2 atom stereocenters. The Bertz CT molecular complexity index is 1260. The molecule has 5 rings (SSSR count). The Balaban J connectivity index is 1.50. The first-order valence-corrected chi connectivity index (χ1v) is 11.5. The fourth-order valence-electron chi connectivity index (χ4n) is 5.07. The number of fused-ring (bicyclic) bond motifs is 2. The predicted octanol–water partition coefficient (Wildman–Crippen LogP) is 3.53. The van der Waals surface area contributed by atoms with Crippen LogP contribution in [-0.2, 0) is 18.4 Å². The van der Waals surface area contributed by atoms with Gasteiger partial charge < -0.3 is 30.2 Å². The van der Waals surface area contributed by atoms with E-state index in [1.54, 1.807) is 6.07 Å². The molecule has 0 amide bonds. The molecule has 2 aromatic carbocycles. The molecule has 2 aliphatic rings. The molecule has 2 heterocycles. The molecule has 33 heavy (non-hydrogen) atoms. The standard InChI is InChI=1S/C26H29NO6/c1-25(11-8-15-4-6-16(27)7-5-15)21(29)12-17-19(33-25)14-20-23(24(17)30)18(28)13-22(32-20)26(31)9-2-3-10-26/h4-7,13-14,21,29-31H,2-3,8-12,27H2,1H3/t21-,25+/m1/s1. The molecule has 174 valence electrons. The maximum Gasteiger partial charge on any atom is 0.196 e. The molecular formula is C26H29NO6. The fourth-order valence-corrected chi connectivity index (χ4v) is 5.07. The summed E-state index contributed by atoms with van der Waals surface area (Å²) in [5.74, 6) is 0.364. The van der Waals surface area contributed by atoms with Crippen LogP contribution in [0.3, 0.4) is 0 Å². The molecule has 0 spiro atoms. The highest BCUT2D eigenvalue weighted by Gasteiger charge is 2.42. The van der Waals surface area contributed by atoms with Gasteiger partial charge in [0.1, 0.15) is 39.4 Å². The molecule has 1 fully saturated rings. The van der Waals surface area contributed by atoms with E-state index < -0.39 is 22.7 Å². The summed E-state index contributed by atoms with van der Waals surface area (Å²) in [5, 5.41) is 32.7. The summed E-state index contributed by atoms with van der Waals surface area (Å²) in [4.78, 5) is 12.9. The zero-order valence-corrected chi connectivity index (χ0v) is 18.6. The highest BCUT2D eigenvalue weighted by molar-refractivity contribution is 5.87. The maximum atomic E-state index is 12.9. The number of aliphatic hydroxyl groups excluding tert-OH is 1. The van der Waals surface area contributed by atoms with Crippen LogP contribution in [0.5, 0.6) is 11.5 Å². The van der Waals surface area contributed by atoms with Crippen molar-refractivity contribution in [1.82, 2.24) is 0 Å². The highest BCUT2D eigenvalue weighted by Crippen LogP contribution is 2.45. The van der Waals surface area contributed by atoms with Crippen LogP contribution in [-0.4, -0.2) is 27.0 Å². The van der Waals surface area contributed by atoms with E-state index in [0.29, 0.717) is 42.7 Å². The zero-order chi connectivity index (χ0) is 23.4. The molecule has 0 bridgehead atoms. The lowest BCUT2D eigenvalue weighted by Gasteiger charge is -2.40. The van der Waals surface area contributed by atoms with Gasteiger partial charge in [0.2, 0.25) is 0 Å². The first-order valence-electron chi connectivity index (χ1n) is 11.5. The van der Waals surface area contributed by atoms with Crippen molar-refractivity contribution in [3.63, 3.8) is 0 Å². The molecule has 0 saturated heterocycles. The first kappa shape index (κ1) is 21.8. The van der Waals surface area contributed by atoms with Crippen molar-refractivity contribution in [1.29, 1.82) is 0 Å². The summed E-state index contributed by atoms with van der Waals surface area (Å²) in [5.41, 5.74) is 5.62. The minimum atomic E-state index is -1.16. The van der Waals surface area contributed by atoms with Crippen LogP contribution in [0, 0.1) is 0 Å². The number of nitrogen functional groups attached to an aromatic ring is 1. The molecule has 7 nitrogen and oxygen atoms in total. The number of aliphatic hydroxyl groups is 2. The van der Waals surface area contributed by atoms with E-state index in [0.717, 1.165) is 18.4 Å². The lowest BCUT2D eigenvalue weighted by molar-refractivity contribution is -0.0595. The number of aryl methyl sites for hydroxylation is 1. The van der Waals surface area contributed by atoms with E-state index in [4.69, 9.17) is 14.9 Å². The Labute approximate surface area is 191 Å². The second kappa shape index (κ2) is 7.78. The third-order valence-corrected chi connectivity index (χ3v) is 7.28. The van der Waals surface area contributed by atoms with Gasteiger partial charge in [-0.1, -0.05) is 12.1 Å². The third kappa shape index (κ3) is 3.75. The number of rotatable bonds is 4. The van der Waals surface area contributed by atoms with Gasteiger partial charge in [-0.15, -0.1) is 0 Å². The van der Waals surface area contributed by atoms with Crippen molar-refractivity contribution >= 4 is 16.7 Å². The monoisotopic (exact) mass is 451 g/mol. The highest BCUT2D eigenvalue weighted by atomic mass is 16.5. The van der Waals surface area contributed by atoms with E-state index in [9.17, 15) is 20.1 Å². The Morgan fingerprint density at radius 3 is 2.55 bits per heavy atom. The number of ether oxygens (including phenoxy) is 1. The summed E-state index contributed by atoms with van der Waals surface area (Å²) < 4.78 is 12.2. The number of nitrogens with two attached hydrogens (primary N) is 1. The number of aromatic hydroxyl groups is 1. The third-order valence-electron chi connectivity index (χ3n) is 7.28. The van der Waals surface area contributed by atoms with Gasteiger partial charge in [-0.05, 0) is 63.1 Å². The Morgan fingerprint density at radius 1 is 1.15 bits per heavy atom. The average molecular weight is 452 g/mol. The van der Waals surface area contributed by atoms with Crippen molar-refractivity contribution in [3.05, 3.63) is 63.5 Å². The van der Waals surface area contributed by atoms with Crippen LogP contribution in [0.15, 0.2) is 45.6 Å². The van der Waals surface area contributed by atoms with Crippen LogP contribution in [0.25, 0.3) is 11.0 Å². The normalized spacial score (nSPS) is 23.9. The van der Waals surface area contributed by atoms with E-state index in [2.05, 4.69) is 0 Å². The van der Waals surface area contributed by atoms with Gasteiger partial charge in [-0.2, -0.15) is 0 Å². The molecule has 1 aromatic heterocycles. The van der Waals surface area contributed by atoms with Gasteiger partial charge >= 0.3 is 0 Å². The first-order chi connectivity index (χ1) is 15.7. The minimum Gasteiger partial charge on any atom is -0.507 e. The van der Waals surface area contributed by atoms with Crippen molar-refractivity contribution in [3.8, 4) is 11.5 Å². The fraction of sp³-hybridized carbons (Fsp3) is 0.423. The Morgan fingerprint density at radius 2 is 1.85 bits per heavy atom. The van der Waals surface area contributed by atoms with Gasteiger partial charge in [-0.3, -0.25) is 4.79 Å². The van der Waals surface area contributed by atoms with Crippen LogP contribution in [0.1, 0.15) is 55.9 Å². The largest absolute Gasteiger partial charge is 0.507 e. The second-order valence-corrected chi connectivity index (χ2v) is 9.66. The van der Waals surface area contributed by atoms with Crippen LogP contribution >= 0.6 is 0 Å². The van der Waals surface area contributed by atoms with Gasteiger partial charge in [-0.25, -0.2) is 0 Å². The van der Waals surface area contributed by atoms with E-state index in [1.807, 2.05) is 31.2 Å². The summed E-state index contributed by atoms with van der Waals surface area (Å²) in [6.07, 6.45) is 3.29. The molecular weight excluding hydrogens is 422 g/mol. The number of anilines is 1. The lowest BCUT2D eigenvalue weighted by Crippen LogP contribution is -2.49. The Hall–Kier alpha value is -3.03. The number of hydrogen-bond acceptors (Lipinski definition) is 7. The molecule has 1 aliphatic heterocycles. The number of hydrogen-bond donors (Lipinski definition) is 4. The van der Waals surface area contributed by atoms with E-state index in [-0.39, 0.29) is 28.9 Å². The van der Waals surface area contributed by atoms with Crippen molar-refractivity contribution in [2.24, 2.45) is 0 Å². The van der Waals surface area contributed by atoms with Crippen molar-refractivity contribution < 1.29 is 24.5 Å². The number of benzene rings is 2. The van der Waals surface area contributed by atoms with Crippen molar-refractivity contribution in [2.75, 3.05) is 5.73 Å². The molecule has 0 radical (unpaired) electrons. The summed E-state index contributed by atoms with van der Waals surface area (Å²) in [7, 11) is 0. The molecule has 7 heteroatoms. The number of phenols is 1. The molecule has 1 aliphatic carbocycles. The molecule has 0 unspecified atom stereocenters. The minimum absolute atomic E-state index is 0.0420. The second-order valence-electron chi connectivity index (χ2n) is 9.66. The summed E-state index contributed by atoms with van der Waals surface area (Å²) in [6, 6.07) is 10.5. The maximum absolute atomic E-state index is 12.9. The smallest absolute Gasteiger partial charge is 0.196 e. The SMILES string of the molecule is C[C@@]1(CCc2ccc(N)cc2)Oc2cc3oc(C4(O)CCCC4)cc(=O)c3c(O)c2C[C@H]1O.